The maximum atomic E-state index is 12.8. The number of nitrogens with zero attached hydrogens (tertiary/aromatic N) is 4. The maximum Gasteiger partial charge on any atom is 0.230 e. The number of carbonyl (C=O) groups is 1. The van der Waals surface area contributed by atoms with Crippen molar-refractivity contribution in [2.75, 3.05) is 32.1 Å². The molecule has 33 heavy (non-hydrogen) atoms. The van der Waals surface area contributed by atoms with E-state index in [2.05, 4.69) is 39.5 Å². The fourth-order valence-electron chi connectivity index (χ4n) is 4.12. The first-order valence-corrected chi connectivity index (χ1v) is 12.3. The number of ether oxygens (including phenoxy) is 1. The van der Waals surface area contributed by atoms with Gasteiger partial charge < -0.3 is 14.6 Å². The fraction of sp³-hybridized carbons (Fsp3) is 0.375. The van der Waals surface area contributed by atoms with Crippen molar-refractivity contribution < 1.29 is 9.53 Å². The Balaban J connectivity index is 1.39. The number of thioether (sulfide) groups is 1. The summed E-state index contributed by atoms with van der Waals surface area (Å²) in [6.07, 6.45) is 0. The summed E-state index contributed by atoms with van der Waals surface area (Å²) in [6, 6.07) is 17.8. The van der Waals surface area contributed by atoms with Crippen LogP contribution in [0.5, 0.6) is 0 Å². The first-order valence-electron chi connectivity index (χ1n) is 11.0. The topological polar surface area (TPSA) is 72.3 Å². The molecule has 0 bridgehead atoms. The summed E-state index contributed by atoms with van der Waals surface area (Å²) in [5, 5.41) is 13.1. The predicted molar refractivity (Wildman–Crippen MR) is 131 cm³/mol. The molecule has 0 aliphatic carbocycles. The van der Waals surface area contributed by atoms with Gasteiger partial charge in [-0.2, -0.15) is 0 Å². The van der Waals surface area contributed by atoms with E-state index in [0.29, 0.717) is 23.4 Å². The summed E-state index contributed by atoms with van der Waals surface area (Å²) < 4.78 is 7.42. The van der Waals surface area contributed by atoms with Crippen LogP contribution in [0, 0.1) is 0 Å². The molecule has 3 aromatic rings. The zero-order chi connectivity index (χ0) is 23.2. The van der Waals surface area contributed by atoms with Gasteiger partial charge in [0.25, 0.3) is 0 Å². The second-order valence-corrected chi connectivity index (χ2v) is 9.40. The number of nitrogens with one attached hydrogen (secondary N) is 1. The van der Waals surface area contributed by atoms with E-state index in [1.807, 2.05) is 54.1 Å². The van der Waals surface area contributed by atoms with Crippen LogP contribution >= 0.6 is 23.4 Å². The minimum atomic E-state index is -0.0530. The Labute approximate surface area is 203 Å². The summed E-state index contributed by atoms with van der Waals surface area (Å²) in [7, 11) is 1.90. The molecular weight excluding hydrogens is 458 g/mol. The van der Waals surface area contributed by atoms with Crippen molar-refractivity contribution in [3.8, 4) is 11.4 Å². The van der Waals surface area contributed by atoms with Gasteiger partial charge >= 0.3 is 0 Å². The molecule has 9 heteroatoms. The normalized spacial score (nSPS) is 16.3. The number of hydrogen-bond donors (Lipinski definition) is 1. The van der Waals surface area contributed by atoms with Crippen molar-refractivity contribution in [2.45, 2.75) is 24.2 Å². The fourth-order valence-corrected chi connectivity index (χ4v) is 4.97. The summed E-state index contributed by atoms with van der Waals surface area (Å²) in [4.78, 5) is 15.2. The van der Waals surface area contributed by atoms with Crippen LogP contribution < -0.4 is 5.32 Å². The Morgan fingerprint density at radius 3 is 2.52 bits per heavy atom. The van der Waals surface area contributed by atoms with Crippen molar-refractivity contribution in [1.82, 2.24) is 25.0 Å². The molecule has 1 aliphatic heterocycles. The van der Waals surface area contributed by atoms with Crippen LogP contribution in [0.2, 0.25) is 5.02 Å². The highest BCUT2D eigenvalue weighted by Gasteiger charge is 2.28. The Bertz CT molecular complexity index is 1050. The second-order valence-electron chi connectivity index (χ2n) is 8.02. The molecule has 174 valence electrons. The molecule has 4 rings (SSSR count). The molecule has 1 amide bonds. The van der Waals surface area contributed by atoms with Crippen molar-refractivity contribution in [3.63, 3.8) is 0 Å². The summed E-state index contributed by atoms with van der Waals surface area (Å²) in [6.45, 7) is 5.18. The minimum Gasteiger partial charge on any atom is -0.379 e. The highest BCUT2D eigenvalue weighted by Crippen LogP contribution is 2.26. The Morgan fingerprint density at radius 1 is 1.12 bits per heavy atom. The molecule has 1 fully saturated rings. The smallest absolute Gasteiger partial charge is 0.230 e. The van der Waals surface area contributed by atoms with Gasteiger partial charge in [0.05, 0.1) is 25.0 Å². The van der Waals surface area contributed by atoms with Crippen LogP contribution in [0.4, 0.5) is 0 Å². The third kappa shape index (κ3) is 5.95. The van der Waals surface area contributed by atoms with Crippen molar-refractivity contribution >= 4 is 29.3 Å². The first kappa shape index (κ1) is 23.8. The van der Waals surface area contributed by atoms with E-state index in [4.69, 9.17) is 16.3 Å². The molecule has 2 atom stereocenters. The van der Waals surface area contributed by atoms with Gasteiger partial charge in [-0.05, 0) is 36.8 Å². The van der Waals surface area contributed by atoms with E-state index < -0.39 is 0 Å². The average Bonchev–Trinajstić information content (AvgIpc) is 3.20. The molecule has 7 nitrogen and oxygen atoms in total. The summed E-state index contributed by atoms with van der Waals surface area (Å²) in [5.41, 5.74) is 2.12. The highest BCUT2D eigenvalue weighted by atomic mass is 35.5. The number of aromatic nitrogens is 3. The summed E-state index contributed by atoms with van der Waals surface area (Å²) >= 11 is 7.36. The minimum absolute atomic E-state index is 0.0299. The number of morpholine rings is 1. The third-order valence-electron chi connectivity index (χ3n) is 5.71. The lowest BCUT2D eigenvalue weighted by Crippen LogP contribution is -2.48. The van der Waals surface area contributed by atoms with E-state index in [1.165, 1.54) is 17.3 Å². The zero-order valence-corrected chi connectivity index (χ0v) is 20.4. The van der Waals surface area contributed by atoms with Gasteiger partial charge in [-0.3, -0.25) is 9.69 Å². The van der Waals surface area contributed by atoms with Gasteiger partial charge in [-0.1, -0.05) is 53.7 Å². The first-order chi connectivity index (χ1) is 16.0. The van der Waals surface area contributed by atoms with Crippen molar-refractivity contribution in [3.05, 3.63) is 65.2 Å². The SMILES string of the molecule is C[C@H](NC(=O)CSc1nnc(-c2ccc(Cl)cc2)n1C)[C@H](c1ccccc1)N1CCOCC1. The number of rotatable bonds is 8. The van der Waals surface area contributed by atoms with Gasteiger partial charge in [0.15, 0.2) is 11.0 Å². The molecule has 2 aromatic carbocycles. The second kappa shape index (κ2) is 11.2. The zero-order valence-electron chi connectivity index (χ0n) is 18.8. The van der Waals surface area contributed by atoms with Gasteiger partial charge in [-0.15, -0.1) is 10.2 Å². The number of benzene rings is 2. The van der Waals surface area contributed by atoms with E-state index in [-0.39, 0.29) is 23.7 Å². The molecular formula is C24H28ClN5O2S. The van der Waals surface area contributed by atoms with E-state index in [9.17, 15) is 4.79 Å². The molecule has 1 saturated heterocycles. The van der Waals surface area contributed by atoms with E-state index in [1.54, 1.807) is 0 Å². The molecule has 2 heterocycles. The maximum absolute atomic E-state index is 12.8. The Hall–Kier alpha value is -2.39. The number of hydrogen-bond acceptors (Lipinski definition) is 6. The average molecular weight is 486 g/mol. The molecule has 0 spiro atoms. The van der Waals surface area contributed by atoms with Crippen LogP contribution in [0.15, 0.2) is 59.8 Å². The van der Waals surface area contributed by atoms with Crippen LogP contribution in [0.25, 0.3) is 11.4 Å². The van der Waals surface area contributed by atoms with Crippen molar-refractivity contribution in [2.24, 2.45) is 7.05 Å². The molecule has 0 radical (unpaired) electrons. The molecule has 1 aromatic heterocycles. The Kier molecular flexibility index (Phi) is 8.03. The van der Waals surface area contributed by atoms with Crippen LogP contribution in [-0.4, -0.2) is 63.7 Å². The predicted octanol–water partition coefficient (Wildman–Crippen LogP) is 3.81. The highest BCUT2D eigenvalue weighted by molar-refractivity contribution is 7.99. The number of amides is 1. The number of carbonyl (C=O) groups excluding carboxylic acids is 1. The quantitative estimate of drug-likeness (QED) is 0.489. The van der Waals surface area contributed by atoms with Gasteiger partial charge in [0.2, 0.25) is 5.91 Å². The van der Waals surface area contributed by atoms with E-state index in [0.717, 1.165) is 24.5 Å². The largest absolute Gasteiger partial charge is 0.379 e. The lowest BCUT2D eigenvalue weighted by atomic mass is 9.98. The third-order valence-corrected chi connectivity index (χ3v) is 6.98. The van der Waals surface area contributed by atoms with Gasteiger partial charge in [0, 0.05) is 36.8 Å². The molecule has 0 unspecified atom stereocenters. The molecule has 1 N–H and O–H groups in total. The lowest BCUT2D eigenvalue weighted by molar-refractivity contribution is -0.119. The van der Waals surface area contributed by atoms with Crippen LogP contribution in [0.3, 0.4) is 0 Å². The van der Waals surface area contributed by atoms with E-state index >= 15 is 0 Å². The number of halogens is 1. The van der Waals surface area contributed by atoms with Crippen LogP contribution in [-0.2, 0) is 16.6 Å². The molecule has 1 aliphatic rings. The standard InChI is InChI=1S/C24H28ClN5O2S/c1-17(22(18-6-4-3-5-7-18)30-12-14-32-15-13-30)26-21(31)16-33-24-28-27-23(29(24)2)19-8-10-20(25)11-9-19/h3-11,17,22H,12-16H2,1-2H3,(H,26,31)/t17-,22+/m0/s1. The van der Waals surface area contributed by atoms with Crippen LogP contribution in [0.1, 0.15) is 18.5 Å². The van der Waals surface area contributed by atoms with Gasteiger partial charge in [0.1, 0.15) is 0 Å². The summed E-state index contributed by atoms with van der Waals surface area (Å²) in [5.74, 6) is 0.971. The van der Waals surface area contributed by atoms with Crippen molar-refractivity contribution in [1.29, 1.82) is 0 Å². The lowest BCUT2D eigenvalue weighted by Gasteiger charge is -2.38. The monoisotopic (exact) mass is 485 g/mol. The molecule has 0 saturated carbocycles. The Morgan fingerprint density at radius 2 is 1.82 bits per heavy atom. The van der Waals surface area contributed by atoms with Gasteiger partial charge in [-0.25, -0.2) is 0 Å².